The lowest BCUT2D eigenvalue weighted by molar-refractivity contribution is -0.119. The van der Waals surface area contributed by atoms with Crippen LogP contribution < -0.4 is 15.4 Å². The minimum absolute atomic E-state index is 0.124. The first kappa shape index (κ1) is 17.8. The summed E-state index contributed by atoms with van der Waals surface area (Å²) in [7, 11) is 1.61. The normalized spacial score (nSPS) is 10.4. The van der Waals surface area contributed by atoms with Crippen LogP contribution in [-0.2, 0) is 11.3 Å². The summed E-state index contributed by atoms with van der Waals surface area (Å²) >= 11 is 6.08. The van der Waals surface area contributed by atoms with Crippen molar-refractivity contribution in [2.75, 3.05) is 19.0 Å². The monoisotopic (exact) mass is 370 g/mol. The van der Waals surface area contributed by atoms with E-state index in [1.54, 1.807) is 30.1 Å². The first-order chi connectivity index (χ1) is 12.7. The predicted octanol–water partition coefficient (Wildman–Crippen LogP) is 3.26. The number of halogens is 1. The Hall–Kier alpha value is -2.99. The molecule has 2 aromatic carbocycles. The summed E-state index contributed by atoms with van der Waals surface area (Å²) in [6.07, 6.45) is 3.52. The second-order valence-electron chi connectivity index (χ2n) is 5.59. The molecule has 7 heteroatoms. The number of hydrogen-bond donors (Lipinski definition) is 2. The number of nitrogens with one attached hydrogen (secondary N) is 2. The fourth-order valence-electron chi connectivity index (χ4n) is 2.48. The molecule has 2 N–H and O–H groups in total. The van der Waals surface area contributed by atoms with Crippen molar-refractivity contribution in [1.82, 2.24) is 15.1 Å². The summed E-state index contributed by atoms with van der Waals surface area (Å²) in [6.45, 7) is 0.553. The lowest BCUT2D eigenvalue weighted by atomic mass is 10.2. The SMILES string of the molecule is COc1cccc(CNC(=O)CNc2cc(Cl)ccc2-n2cccn2)c1. The smallest absolute Gasteiger partial charge is 0.239 e. The zero-order valence-electron chi connectivity index (χ0n) is 14.3. The Kier molecular flexibility index (Phi) is 5.76. The molecule has 0 unspecified atom stereocenters. The number of methoxy groups -OCH3 is 1. The van der Waals surface area contributed by atoms with Crippen molar-refractivity contribution in [2.24, 2.45) is 0 Å². The van der Waals surface area contributed by atoms with Gasteiger partial charge in [-0.3, -0.25) is 4.79 Å². The van der Waals surface area contributed by atoms with Crippen molar-refractivity contribution >= 4 is 23.2 Å². The highest BCUT2D eigenvalue weighted by Crippen LogP contribution is 2.23. The third-order valence-corrected chi connectivity index (χ3v) is 4.01. The second kappa shape index (κ2) is 8.40. The van der Waals surface area contributed by atoms with Gasteiger partial charge in [0.1, 0.15) is 5.75 Å². The topological polar surface area (TPSA) is 68.2 Å². The minimum atomic E-state index is -0.126. The van der Waals surface area contributed by atoms with E-state index in [1.165, 1.54) is 0 Å². The summed E-state index contributed by atoms with van der Waals surface area (Å²) < 4.78 is 6.90. The standard InChI is InChI=1S/C19H19ClN4O2/c1-26-16-5-2-4-14(10-16)12-22-19(25)13-21-17-11-15(20)6-7-18(17)24-9-3-8-23-24/h2-11,21H,12-13H2,1H3,(H,22,25). The molecule has 0 fully saturated rings. The number of anilines is 1. The van der Waals surface area contributed by atoms with Crippen LogP contribution in [0.1, 0.15) is 5.56 Å². The van der Waals surface area contributed by atoms with Crippen molar-refractivity contribution in [3.8, 4) is 11.4 Å². The maximum atomic E-state index is 12.2. The summed E-state index contributed by atoms with van der Waals surface area (Å²) in [5, 5.41) is 10.8. The van der Waals surface area contributed by atoms with Gasteiger partial charge in [-0.05, 0) is 42.0 Å². The fourth-order valence-corrected chi connectivity index (χ4v) is 2.65. The highest BCUT2D eigenvalue weighted by Gasteiger charge is 2.08. The van der Waals surface area contributed by atoms with Crippen LogP contribution in [0.25, 0.3) is 5.69 Å². The molecule has 1 aromatic heterocycles. The Labute approximate surface area is 156 Å². The van der Waals surface area contributed by atoms with E-state index in [1.807, 2.05) is 42.6 Å². The third-order valence-electron chi connectivity index (χ3n) is 3.77. The second-order valence-corrected chi connectivity index (χ2v) is 6.03. The van der Waals surface area contributed by atoms with Crippen LogP contribution in [0.3, 0.4) is 0 Å². The Balaban J connectivity index is 1.60. The maximum absolute atomic E-state index is 12.2. The molecule has 0 atom stereocenters. The number of carbonyl (C=O) groups excluding carboxylic acids is 1. The van der Waals surface area contributed by atoms with E-state index in [2.05, 4.69) is 15.7 Å². The van der Waals surface area contributed by atoms with Gasteiger partial charge in [0.25, 0.3) is 0 Å². The molecule has 0 radical (unpaired) electrons. The van der Waals surface area contributed by atoms with Gasteiger partial charge in [0, 0.05) is 24.0 Å². The van der Waals surface area contributed by atoms with Crippen molar-refractivity contribution < 1.29 is 9.53 Å². The average Bonchev–Trinajstić information content (AvgIpc) is 3.19. The van der Waals surface area contributed by atoms with E-state index < -0.39 is 0 Å². The van der Waals surface area contributed by atoms with E-state index >= 15 is 0 Å². The van der Waals surface area contributed by atoms with Crippen LogP contribution in [0.15, 0.2) is 60.9 Å². The zero-order chi connectivity index (χ0) is 18.4. The molecule has 0 saturated heterocycles. The molecule has 6 nitrogen and oxygen atoms in total. The number of ether oxygens (including phenoxy) is 1. The molecule has 134 valence electrons. The number of rotatable bonds is 7. The number of benzene rings is 2. The highest BCUT2D eigenvalue weighted by atomic mass is 35.5. The maximum Gasteiger partial charge on any atom is 0.239 e. The lowest BCUT2D eigenvalue weighted by Crippen LogP contribution is -2.29. The Morgan fingerprint density at radius 1 is 1.23 bits per heavy atom. The van der Waals surface area contributed by atoms with Crippen LogP contribution in [0, 0.1) is 0 Å². The largest absolute Gasteiger partial charge is 0.497 e. The van der Waals surface area contributed by atoms with E-state index in [0.29, 0.717) is 11.6 Å². The quantitative estimate of drug-likeness (QED) is 0.669. The highest BCUT2D eigenvalue weighted by molar-refractivity contribution is 6.31. The molecule has 0 aliphatic heterocycles. The number of carbonyl (C=O) groups is 1. The van der Waals surface area contributed by atoms with E-state index in [4.69, 9.17) is 16.3 Å². The zero-order valence-corrected chi connectivity index (χ0v) is 15.0. The molecule has 1 amide bonds. The first-order valence-electron chi connectivity index (χ1n) is 8.09. The van der Waals surface area contributed by atoms with Crippen LogP contribution in [0.2, 0.25) is 5.02 Å². The van der Waals surface area contributed by atoms with Gasteiger partial charge >= 0.3 is 0 Å². The molecule has 0 bridgehead atoms. The van der Waals surface area contributed by atoms with Crippen molar-refractivity contribution in [1.29, 1.82) is 0 Å². The van der Waals surface area contributed by atoms with Gasteiger partial charge in [-0.25, -0.2) is 4.68 Å². The van der Waals surface area contributed by atoms with Crippen LogP contribution in [0.5, 0.6) is 5.75 Å². The molecular formula is C19H19ClN4O2. The van der Waals surface area contributed by atoms with Gasteiger partial charge in [-0.1, -0.05) is 23.7 Å². The first-order valence-corrected chi connectivity index (χ1v) is 8.46. The molecule has 0 aliphatic carbocycles. The number of aromatic nitrogens is 2. The molecule has 0 spiro atoms. The lowest BCUT2D eigenvalue weighted by Gasteiger charge is -2.13. The van der Waals surface area contributed by atoms with Gasteiger partial charge in [0.2, 0.25) is 5.91 Å². The van der Waals surface area contributed by atoms with Crippen LogP contribution in [0.4, 0.5) is 5.69 Å². The van der Waals surface area contributed by atoms with E-state index in [0.717, 1.165) is 22.7 Å². The molecular weight excluding hydrogens is 352 g/mol. The number of nitrogens with zero attached hydrogens (tertiary/aromatic N) is 2. The molecule has 0 aliphatic rings. The number of hydrogen-bond acceptors (Lipinski definition) is 4. The number of amides is 1. The Bertz CT molecular complexity index is 881. The predicted molar refractivity (Wildman–Crippen MR) is 102 cm³/mol. The van der Waals surface area contributed by atoms with Crippen LogP contribution >= 0.6 is 11.6 Å². The van der Waals surface area contributed by atoms with Gasteiger partial charge in [0.15, 0.2) is 0 Å². The Morgan fingerprint density at radius 2 is 2.12 bits per heavy atom. The summed E-state index contributed by atoms with van der Waals surface area (Å²) in [5.74, 6) is 0.636. The molecule has 3 rings (SSSR count). The molecule has 1 heterocycles. The summed E-state index contributed by atoms with van der Waals surface area (Å²) in [6, 6.07) is 14.8. The minimum Gasteiger partial charge on any atom is -0.497 e. The summed E-state index contributed by atoms with van der Waals surface area (Å²) in [4.78, 5) is 12.2. The van der Waals surface area contributed by atoms with Gasteiger partial charge in [0.05, 0.1) is 25.0 Å². The third kappa shape index (κ3) is 4.55. The van der Waals surface area contributed by atoms with Gasteiger partial charge < -0.3 is 15.4 Å². The van der Waals surface area contributed by atoms with Gasteiger partial charge in [-0.15, -0.1) is 0 Å². The fraction of sp³-hybridized carbons (Fsp3) is 0.158. The molecule has 3 aromatic rings. The van der Waals surface area contributed by atoms with Crippen molar-refractivity contribution in [3.05, 3.63) is 71.5 Å². The molecule has 0 saturated carbocycles. The molecule has 26 heavy (non-hydrogen) atoms. The van der Waals surface area contributed by atoms with Crippen LogP contribution in [-0.4, -0.2) is 29.3 Å². The van der Waals surface area contributed by atoms with Gasteiger partial charge in [-0.2, -0.15) is 5.10 Å². The average molecular weight is 371 g/mol. The van der Waals surface area contributed by atoms with E-state index in [-0.39, 0.29) is 12.5 Å². The van der Waals surface area contributed by atoms with E-state index in [9.17, 15) is 4.79 Å². The summed E-state index contributed by atoms with van der Waals surface area (Å²) in [5.41, 5.74) is 2.52. The van der Waals surface area contributed by atoms with Crippen molar-refractivity contribution in [3.63, 3.8) is 0 Å². The Morgan fingerprint density at radius 3 is 2.88 bits per heavy atom. The van der Waals surface area contributed by atoms with Crippen molar-refractivity contribution in [2.45, 2.75) is 6.54 Å².